The van der Waals surface area contributed by atoms with Gasteiger partial charge in [-0.05, 0) is 34.1 Å². The fraction of sp³-hybridized carbons (Fsp3) is 0.286. The van der Waals surface area contributed by atoms with Crippen LogP contribution in [0, 0.1) is 0 Å². The van der Waals surface area contributed by atoms with Gasteiger partial charge in [0, 0.05) is 35.5 Å². The minimum Gasteiger partial charge on any atom is -0.371 e. The zero-order valence-electron chi connectivity index (χ0n) is 10.8. The van der Waals surface area contributed by atoms with Crippen molar-refractivity contribution >= 4 is 27.6 Å². The number of anilines is 2. The lowest BCUT2D eigenvalue weighted by molar-refractivity contribution is 0.0275. The van der Waals surface area contributed by atoms with E-state index in [1.807, 2.05) is 30.5 Å². The maximum Gasteiger partial charge on any atom is 0.131 e. The normalized spacial score (nSPS) is 18.8. The smallest absolute Gasteiger partial charge is 0.131 e. The molecule has 0 spiro atoms. The van der Waals surface area contributed by atoms with Crippen molar-refractivity contribution in [1.82, 2.24) is 15.3 Å². The average Bonchev–Trinajstić information content (AvgIpc) is 2.51. The van der Waals surface area contributed by atoms with Gasteiger partial charge >= 0.3 is 0 Å². The van der Waals surface area contributed by atoms with Crippen LogP contribution in [0.15, 0.2) is 41.1 Å². The van der Waals surface area contributed by atoms with Gasteiger partial charge in [-0.15, -0.1) is 0 Å². The van der Waals surface area contributed by atoms with E-state index in [2.05, 4.69) is 36.5 Å². The van der Waals surface area contributed by atoms with Crippen molar-refractivity contribution in [1.29, 1.82) is 0 Å². The van der Waals surface area contributed by atoms with E-state index in [0.29, 0.717) is 0 Å². The molecule has 6 heteroatoms. The van der Waals surface area contributed by atoms with Gasteiger partial charge < -0.3 is 15.4 Å². The molecule has 2 aromatic rings. The van der Waals surface area contributed by atoms with Crippen LogP contribution < -0.4 is 10.6 Å². The van der Waals surface area contributed by atoms with Crippen molar-refractivity contribution in [3.8, 4) is 0 Å². The molecule has 0 bridgehead atoms. The summed E-state index contributed by atoms with van der Waals surface area (Å²) in [5.41, 5.74) is 1.09. The molecule has 1 aliphatic rings. The quantitative estimate of drug-likeness (QED) is 0.903. The number of rotatable bonds is 3. The maximum absolute atomic E-state index is 5.69. The van der Waals surface area contributed by atoms with Crippen molar-refractivity contribution in [3.05, 3.63) is 46.7 Å². The van der Waals surface area contributed by atoms with Crippen molar-refractivity contribution in [2.75, 3.05) is 25.0 Å². The number of hydrogen-bond acceptors (Lipinski definition) is 5. The first-order valence-electron chi connectivity index (χ1n) is 6.48. The summed E-state index contributed by atoms with van der Waals surface area (Å²) in [5, 5.41) is 6.47. The van der Waals surface area contributed by atoms with Gasteiger partial charge in [0.25, 0.3) is 0 Å². The molecule has 0 saturated carbocycles. The molecule has 2 aromatic heterocycles. The average molecular weight is 335 g/mol. The summed E-state index contributed by atoms with van der Waals surface area (Å²) in [6.07, 6.45) is 3.69. The van der Waals surface area contributed by atoms with Gasteiger partial charge in [0.1, 0.15) is 11.6 Å². The van der Waals surface area contributed by atoms with Crippen LogP contribution in [-0.4, -0.2) is 29.7 Å². The number of pyridine rings is 2. The Bertz CT molecular complexity index is 552. The minimum atomic E-state index is 0.0936. The molecule has 1 aliphatic heterocycles. The third-order valence-corrected chi connectivity index (χ3v) is 3.54. The summed E-state index contributed by atoms with van der Waals surface area (Å²) in [5.74, 6) is 1.54. The highest BCUT2D eigenvalue weighted by atomic mass is 79.9. The fourth-order valence-electron chi connectivity index (χ4n) is 2.03. The van der Waals surface area contributed by atoms with Crippen LogP contribution in [0.5, 0.6) is 0 Å². The molecular formula is C14H15BrN4O. The summed E-state index contributed by atoms with van der Waals surface area (Å²) in [7, 11) is 0. The molecule has 0 amide bonds. The molecule has 2 N–H and O–H groups in total. The Balaban J connectivity index is 1.67. The highest BCUT2D eigenvalue weighted by Gasteiger charge is 2.15. The van der Waals surface area contributed by atoms with E-state index in [-0.39, 0.29) is 6.10 Å². The molecule has 1 fully saturated rings. The molecule has 0 aromatic carbocycles. The Morgan fingerprint density at radius 3 is 2.55 bits per heavy atom. The minimum absolute atomic E-state index is 0.0936. The van der Waals surface area contributed by atoms with Crippen LogP contribution in [0.2, 0.25) is 0 Å². The van der Waals surface area contributed by atoms with Crippen LogP contribution >= 0.6 is 15.9 Å². The Hall–Kier alpha value is -1.50. The molecule has 1 atom stereocenters. The van der Waals surface area contributed by atoms with Crippen LogP contribution in [0.4, 0.5) is 11.6 Å². The lowest BCUT2D eigenvalue weighted by atomic mass is 10.1. The second-order valence-electron chi connectivity index (χ2n) is 4.53. The number of nitrogens with one attached hydrogen (secondary N) is 2. The first kappa shape index (κ1) is 13.5. The van der Waals surface area contributed by atoms with Gasteiger partial charge in [-0.2, -0.15) is 0 Å². The molecule has 0 aliphatic carbocycles. The topological polar surface area (TPSA) is 59.1 Å². The summed E-state index contributed by atoms with van der Waals surface area (Å²) in [6.45, 7) is 2.50. The SMILES string of the molecule is Brc1ccc(Nc2ccc([C@@H]3CNCCO3)cn2)nc1. The summed E-state index contributed by atoms with van der Waals surface area (Å²) in [4.78, 5) is 8.65. The first-order valence-corrected chi connectivity index (χ1v) is 7.27. The van der Waals surface area contributed by atoms with Gasteiger partial charge in [-0.1, -0.05) is 6.07 Å². The maximum atomic E-state index is 5.69. The Morgan fingerprint density at radius 1 is 1.15 bits per heavy atom. The molecule has 20 heavy (non-hydrogen) atoms. The molecule has 3 rings (SSSR count). The zero-order chi connectivity index (χ0) is 13.8. The van der Waals surface area contributed by atoms with Gasteiger partial charge in [0.15, 0.2) is 0 Å². The monoisotopic (exact) mass is 334 g/mol. The number of morpholine rings is 1. The number of nitrogens with zero attached hydrogens (tertiary/aromatic N) is 2. The summed E-state index contributed by atoms with van der Waals surface area (Å²) < 4.78 is 6.65. The van der Waals surface area contributed by atoms with E-state index in [4.69, 9.17) is 4.74 Å². The molecule has 5 nitrogen and oxygen atoms in total. The van der Waals surface area contributed by atoms with Crippen molar-refractivity contribution in [2.45, 2.75) is 6.10 Å². The fourth-order valence-corrected chi connectivity index (χ4v) is 2.26. The predicted molar refractivity (Wildman–Crippen MR) is 81.0 cm³/mol. The van der Waals surface area contributed by atoms with E-state index >= 15 is 0 Å². The second kappa shape index (κ2) is 6.30. The Labute approximate surface area is 125 Å². The Morgan fingerprint density at radius 2 is 1.95 bits per heavy atom. The molecule has 1 saturated heterocycles. The first-order chi connectivity index (χ1) is 9.81. The third-order valence-electron chi connectivity index (χ3n) is 3.07. The van der Waals surface area contributed by atoms with Crippen molar-refractivity contribution in [2.24, 2.45) is 0 Å². The highest BCUT2D eigenvalue weighted by molar-refractivity contribution is 9.10. The highest BCUT2D eigenvalue weighted by Crippen LogP contribution is 2.20. The van der Waals surface area contributed by atoms with E-state index in [0.717, 1.165) is 41.4 Å². The molecule has 104 valence electrons. The largest absolute Gasteiger partial charge is 0.371 e. The van der Waals surface area contributed by atoms with Gasteiger partial charge in [0.2, 0.25) is 0 Å². The van der Waals surface area contributed by atoms with Gasteiger partial charge in [-0.3, -0.25) is 0 Å². The standard InChI is InChI=1S/C14H15BrN4O/c15-11-2-4-14(18-8-11)19-13-3-1-10(7-17-13)12-9-16-5-6-20-12/h1-4,7-8,12,16H,5-6,9H2,(H,17,18,19)/t12-/m0/s1. The van der Waals surface area contributed by atoms with E-state index in [9.17, 15) is 0 Å². The van der Waals surface area contributed by atoms with E-state index in [1.165, 1.54) is 0 Å². The van der Waals surface area contributed by atoms with E-state index < -0.39 is 0 Å². The number of ether oxygens (including phenoxy) is 1. The van der Waals surface area contributed by atoms with Crippen LogP contribution in [0.3, 0.4) is 0 Å². The Kier molecular flexibility index (Phi) is 4.25. The molecule has 0 radical (unpaired) electrons. The van der Waals surface area contributed by atoms with Crippen molar-refractivity contribution in [3.63, 3.8) is 0 Å². The summed E-state index contributed by atoms with van der Waals surface area (Å²) >= 11 is 3.36. The number of halogens is 1. The van der Waals surface area contributed by atoms with Crippen LogP contribution in [0.25, 0.3) is 0 Å². The molecular weight excluding hydrogens is 320 g/mol. The summed E-state index contributed by atoms with van der Waals surface area (Å²) in [6, 6.07) is 7.81. The van der Waals surface area contributed by atoms with Gasteiger partial charge in [-0.25, -0.2) is 9.97 Å². The van der Waals surface area contributed by atoms with Crippen molar-refractivity contribution < 1.29 is 4.74 Å². The van der Waals surface area contributed by atoms with E-state index in [1.54, 1.807) is 6.20 Å². The van der Waals surface area contributed by atoms with Crippen LogP contribution in [0.1, 0.15) is 11.7 Å². The predicted octanol–water partition coefficient (Wildman–Crippen LogP) is 2.64. The number of aromatic nitrogens is 2. The molecule has 0 unspecified atom stereocenters. The lowest BCUT2D eigenvalue weighted by Crippen LogP contribution is -2.33. The lowest BCUT2D eigenvalue weighted by Gasteiger charge is -2.23. The van der Waals surface area contributed by atoms with Gasteiger partial charge in [0.05, 0.1) is 12.7 Å². The van der Waals surface area contributed by atoms with Crippen LogP contribution in [-0.2, 0) is 4.74 Å². The third kappa shape index (κ3) is 3.33. The second-order valence-corrected chi connectivity index (χ2v) is 5.44. The zero-order valence-corrected chi connectivity index (χ0v) is 12.4. The number of hydrogen-bond donors (Lipinski definition) is 2. The molecule has 3 heterocycles.